The van der Waals surface area contributed by atoms with Crippen molar-refractivity contribution in [3.8, 4) is 17.6 Å². The number of hydrogen-bond acceptors (Lipinski definition) is 10. The van der Waals surface area contributed by atoms with Crippen LogP contribution in [0.5, 0.6) is 11.5 Å². The maximum absolute atomic E-state index is 9.97. The molecule has 2 atom stereocenters. The molecule has 3 heterocycles. The lowest BCUT2D eigenvalue weighted by Crippen LogP contribution is -2.68. The highest BCUT2D eigenvalue weighted by Gasteiger charge is 2.40. The van der Waals surface area contributed by atoms with Crippen molar-refractivity contribution in [2.75, 3.05) is 36.7 Å². The molecule has 222 valence electrons. The number of pyridine rings is 1. The van der Waals surface area contributed by atoms with Crippen LogP contribution < -0.4 is 24.8 Å². The van der Waals surface area contributed by atoms with Gasteiger partial charge >= 0.3 is 0 Å². The standard InChI is InChI=1S/C28H32Cl2IN8O2P/c1-15(2)10-35-28(4)13-39(14-28)27-17(9-32)6-22(36-37-27)26(33)18-7-24(23(40-5)8-21(18)38-42-31)41-16(3)25-19(29)11-34-12-20(25)30/h6-8,11-12,15-16,33,35,38,42H,10,13-14H2,1-5H3/t16-/m1/s1. The van der Waals surface area contributed by atoms with E-state index in [0.717, 1.165) is 6.54 Å². The number of ether oxygens (including phenoxy) is 2. The number of methoxy groups -OCH3 is 1. The number of aromatic nitrogens is 3. The van der Waals surface area contributed by atoms with Gasteiger partial charge in [-0.05, 0) is 60.5 Å². The summed E-state index contributed by atoms with van der Waals surface area (Å²) >= 11 is 14.9. The monoisotopic (exact) mass is 740 g/mol. The van der Waals surface area contributed by atoms with E-state index < -0.39 is 6.10 Å². The second-order valence-corrected chi connectivity index (χ2v) is 13.6. The van der Waals surface area contributed by atoms with E-state index in [9.17, 15) is 5.26 Å². The first-order valence-corrected chi connectivity index (χ1v) is 18.0. The largest absolute Gasteiger partial charge is 0.493 e. The zero-order chi connectivity index (χ0) is 30.6. The van der Waals surface area contributed by atoms with Gasteiger partial charge in [0.25, 0.3) is 0 Å². The number of hydrogen-bond donors (Lipinski definition) is 3. The molecule has 1 saturated heterocycles. The molecule has 3 N–H and O–H groups in total. The molecular weight excluding hydrogens is 709 g/mol. The third kappa shape index (κ3) is 7.17. The van der Waals surface area contributed by atoms with E-state index in [4.69, 9.17) is 38.1 Å². The molecule has 0 amide bonds. The second-order valence-electron chi connectivity index (χ2n) is 10.7. The second kappa shape index (κ2) is 13.9. The lowest BCUT2D eigenvalue weighted by Gasteiger charge is -2.49. The number of nitriles is 1. The molecular formula is C28H32Cl2IN8O2P. The molecule has 0 radical (unpaired) electrons. The highest BCUT2D eigenvalue weighted by Crippen LogP contribution is 2.41. The minimum absolute atomic E-state index is 0.0494. The van der Waals surface area contributed by atoms with Crippen molar-refractivity contribution in [2.45, 2.75) is 39.3 Å². The summed E-state index contributed by atoms with van der Waals surface area (Å²) < 4.78 is 11.9. The Hall–Kier alpha value is -2.49. The van der Waals surface area contributed by atoms with Gasteiger partial charge in [0, 0.05) is 49.1 Å². The maximum Gasteiger partial charge on any atom is 0.169 e. The maximum atomic E-state index is 9.97. The van der Waals surface area contributed by atoms with Crippen LogP contribution in [0.4, 0.5) is 11.5 Å². The molecule has 1 aliphatic heterocycles. The van der Waals surface area contributed by atoms with Crippen molar-refractivity contribution < 1.29 is 9.47 Å². The molecule has 0 saturated carbocycles. The van der Waals surface area contributed by atoms with Crippen molar-refractivity contribution >= 4 is 68.8 Å². The Morgan fingerprint density at radius 3 is 2.48 bits per heavy atom. The highest BCUT2D eigenvalue weighted by atomic mass is 127. The van der Waals surface area contributed by atoms with Crippen molar-refractivity contribution in [3.63, 3.8) is 0 Å². The molecule has 1 fully saturated rings. The van der Waals surface area contributed by atoms with Gasteiger partial charge in [0.2, 0.25) is 0 Å². The number of anilines is 2. The Morgan fingerprint density at radius 2 is 1.88 bits per heavy atom. The predicted octanol–water partition coefficient (Wildman–Crippen LogP) is 6.79. The molecule has 0 spiro atoms. The van der Waals surface area contributed by atoms with Crippen LogP contribution in [0.1, 0.15) is 56.2 Å². The first-order chi connectivity index (χ1) is 20.0. The fourth-order valence-corrected chi connectivity index (χ4v) is 6.55. The molecule has 0 aliphatic carbocycles. The van der Waals surface area contributed by atoms with Gasteiger partial charge in [-0.3, -0.25) is 10.4 Å². The minimum atomic E-state index is -0.546. The average molecular weight is 741 g/mol. The first kappa shape index (κ1) is 32.4. The van der Waals surface area contributed by atoms with Gasteiger partial charge in [0.05, 0.1) is 39.7 Å². The normalized spacial score (nSPS) is 14.9. The van der Waals surface area contributed by atoms with Crippen LogP contribution in [0.2, 0.25) is 10.0 Å². The van der Waals surface area contributed by atoms with Crippen molar-refractivity contribution in [2.24, 2.45) is 5.92 Å². The first-order valence-electron chi connectivity index (χ1n) is 13.2. The van der Waals surface area contributed by atoms with Gasteiger partial charge in [-0.25, -0.2) is 0 Å². The van der Waals surface area contributed by atoms with Crippen LogP contribution in [0.25, 0.3) is 0 Å². The summed E-state index contributed by atoms with van der Waals surface area (Å²) in [5, 5.41) is 35.4. The number of rotatable bonds is 12. The molecule has 2 aromatic heterocycles. The average Bonchev–Trinajstić information content (AvgIpc) is 2.94. The van der Waals surface area contributed by atoms with Gasteiger partial charge in [-0.15, -0.1) is 10.2 Å². The Morgan fingerprint density at radius 1 is 1.19 bits per heavy atom. The summed E-state index contributed by atoms with van der Waals surface area (Å²) in [4.78, 5) is 6.04. The van der Waals surface area contributed by atoms with Gasteiger partial charge in [-0.2, -0.15) is 5.26 Å². The summed E-state index contributed by atoms with van der Waals surface area (Å²) in [5.41, 5.74) is 2.41. The van der Waals surface area contributed by atoms with Crippen molar-refractivity contribution in [3.05, 3.63) is 63.0 Å². The smallest absolute Gasteiger partial charge is 0.169 e. The van der Waals surface area contributed by atoms with Crippen molar-refractivity contribution in [1.29, 1.82) is 10.7 Å². The van der Waals surface area contributed by atoms with E-state index in [1.165, 1.54) is 12.4 Å². The van der Waals surface area contributed by atoms with Gasteiger partial charge in [-0.1, -0.05) is 37.0 Å². The lowest BCUT2D eigenvalue weighted by molar-refractivity contribution is 0.216. The molecule has 0 bridgehead atoms. The minimum Gasteiger partial charge on any atom is -0.493 e. The fraction of sp³-hybridized carbons (Fsp3) is 0.393. The zero-order valence-corrected chi connectivity index (χ0v) is 28.5. The van der Waals surface area contributed by atoms with E-state index in [0.29, 0.717) is 75.1 Å². The van der Waals surface area contributed by atoms with Crippen LogP contribution in [0.15, 0.2) is 30.6 Å². The van der Waals surface area contributed by atoms with Gasteiger partial charge < -0.3 is 24.8 Å². The number of benzene rings is 1. The number of nitrogens with one attached hydrogen (secondary N) is 3. The topological polar surface area (TPSA) is 132 Å². The summed E-state index contributed by atoms with van der Waals surface area (Å²) in [5.74, 6) is 1.91. The van der Waals surface area contributed by atoms with Gasteiger partial charge in [0.1, 0.15) is 17.9 Å². The van der Waals surface area contributed by atoms with E-state index in [-0.39, 0.29) is 16.9 Å². The van der Waals surface area contributed by atoms with Crippen LogP contribution in [0, 0.1) is 22.7 Å². The highest BCUT2D eigenvalue weighted by molar-refractivity contribution is 14.2. The lowest BCUT2D eigenvalue weighted by atomic mass is 9.91. The van der Waals surface area contributed by atoms with Gasteiger partial charge in [0.15, 0.2) is 17.3 Å². The molecule has 14 heteroatoms. The molecule has 10 nitrogen and oxygen atoms in total. The van der Waals surface area contributed by atoms with Crippen LogP contribution in [-0.4, -0.2) is 53.2 Å². The molecule has 1 aliphatic rings. The summed E-state index contributed by atoms with van der Waals surface area (Å²) in [7, 11) is 1.54. The zero-order valence-electron chi connectivity index (χ0n) is 23.8. The Labute approximate surface area is 270 Å². The molecule has 3 aromatic rings. The van der Waals surface area contributed by atoms with E-state index in [1.807, 2.05) is 11.8 Å². The SMILES string of the molecule is COc1cc(NPI)c(C(=N)c2cc(C#N)c(N3CC(C)(NCC(C)C)C3)nn2)cc1O[C@H](C)c1c(Cl)cncc1Cl. The Kier molecular flexibility index (Phi) is 10.7. The molecule has 1 aromatic carbocycles. The Balaban J connectivity index is 1.64. The van der Waals surface area contributed by atoms with Crippen LogP contribution in [0.3, 0.4) is 0 Å². The van der Waals surface area contributed by atoms with Crippen LogP contribution in [-0.2, 0) is 0 Å². The summed E-state index contributed by atoms with van der Waals surface area (Å²) in [6, 6.07) is 7.33. The summed E-state index contributed by atoms with van der Waals surface area (Å²) in [6.45, 7) is 10.7. The third-order valence-corrected chi connectivity index (χ3v) is 8.60. The third-order valence-electron chi connectivity index (χ3n) is 6.82. The number of halogens is 3. The predicted molar refractivity (Wildman–Crippen MR) is 178 cm³/mol. The van der Waals surface area contributed by atoms with E-state index >= 15 is 0 Å². The van der Waals surface area contributed by atoms with Crippen LogP contribution >= 0.6 is 51.6 Å². The van der Waals surface area contributed by atoms with Crippen molar-refractivity contribution in [1.82, 2.24) is 20.5 Å². The quantitative estimate of drug-likeness (QED) is 0.104. The Bertz CT molecular complexity index is 1490. The molecule has 4 rings (SSSR count). The van der Waals surface area contributed by atoms with E-state index in [2.05, 4.69) is 74.5 Å². The fourth-order valence-electron chi connectivity index (χ4n) is 4.70. The van der Waals surface area contributed by atoms with E-state index in [1.54, 1.807) is 25.3 Å². The molecule has 42 heavy (non-hydrogen) atoms. The number of nitrogens with zero attached hydrogens (tertiary/aromatic N) is 5. The summed E-state index contributed by atoms with van der Waals surface area (Å²) in [6.07, 6.45) is 2.79. The molecule has 1 unspecified atom stereocenters.